The Balaban J connectivity index is 1.23. The van der Waals surface area contributed by atoms with Crippen LogP contribution in [0.5, 0.6) is 0 Å². The van der Waals surface area contributed by atoms with Crippen molar-refractivity contribution < 1.29 is 0 Å². The zero-order valence-corrected chi connectivity index (χ0v) is 30.0. The summed E-state index contributed by atoms with van der Waals surface area (Å²) in [6, 6.07) is 74.5. The molecular weight excluding hydrogens is 665 g/mol. The van der Waals surface area contributed by atoms with E-state index in [1.54, 1.807) is 0 Å². The van der Waals surface area contributed by atoms with E-state index in [0.717, 1.165) is 49.9 Å². The van der Waals surface area contributed by atoms with Crippen LogP contribution in [0.1, 0.15) is 22.3 Å². The topological polar surface area (TPSA) is 25.8 Å². The maximum Gasteiger partial charge on any atom is 0.0979 e. The second kappa shape index (κ2) is 12.5. The third-order valence-corrected chi connectivity index (χ3v) is 11.5. The van der Waals surface area contributed by atoms with Crippen LogP contribution in [0.15, 0.2) is 206 Å². The van der Waals surface area contributed by atoms with Crippen molar-refractivity contribution in [2.45, 2.75) is 5.41 Å². The van der Waals surface area contributed by atoms with Gasteiger partial charge >= 0.3 is 0 Å². The second-order valence-electron chi connectivity index (χ2n) is 14.4. The van der Waals surface area contributed by atoms with Gasteiger partial charge in [-0.3, -0.25) is 0 Å². The van der Waals surface area contributed by atoms with E-state index in [4.69, 9.17) is 9.97 Å². The third-order valence-electron chi connectivity index (χ3n) is 11.5. The normalized spacial score (nSPS) is 12.9. The van der Waals surface area contributed by atoms with E-state index in [0.29, 0.717) is 0 Å². The van der Waals surface area contributed by atoms with Gasteiger partial charge < -0.3 is 0 Å². The van der Waals surface area contributed by atoms with Crippen LogP contribution in [0, 0.1) is 0 Å². The Bertz CT molecular complexity index is 3040. The van der Waals surface area contributed by atoms with Crippen LogP contribution in [0.4, 0.5) is 0 Å². The van der Waals surface area contributed by atoms with Crippen molar-refractivity contribution in [3.05, 3.63) is 229 Å². The molecule has 1 aliphatic carbocycles. The minimum atomic E-state index is -0.484. The van der Waals surface area contributed by atoms with Gasteiger partial charge in [-0.25, -0.2) is 9.97 Å². The molecule has 0 atom stereocenters. The molecule has 0 amide bonds. The Hall–Kier alpha value is -7.16. The van der Waals surface area contributed by atoms with Crippen LogP contribution in [0.25, 0.3) is 77.3 Å². The van der Waals surface area contributed by atoms with Gasteiger partial charge in [0.25, 0.3) is 0 Å². The van der Waals surface area contributed by atoms with Gasteiger partial charge in [0, 0.05) is 16.5 Å². The molecule has 10 aromatic rings. The molecule has 55 heavy (non-hydrogen) atoms. The standard InChI is InChI=1S/C53H34N2/c1-4-18-37(19-5-1)50-52(54-47-34-32-35-17-10-11-25-40(35)51(47)55-50)43-27-13-12-26-41(43)42-29-16-20-36-31-33-46-49(48(36)42)44-28-14-15-30-45(44)53(46,38-21-6-2-7-22-38)39-23-8-3-9-24-39/h1-34H. The molecule has 0 aliphatic heterocycles. The third kappa shape index (κ3) is 4.68. The highest BCUT2D eigenvalue weighted by atomic mass is 14.8. The fourth-order valence-corrected chi connectivity index (χ4v) is 9.23. The molecule has 9 aromatic carbocycles. The van der Waals surface area contributed by atoms with E-state index >= 15 is 0 Å². The first-order valence-electron chi connectivity index (χ1n) is 18.9. The fraction of sp³-hybridized carbons (Fsp3) is 0.0189. The molecule has 1 aliphatic rings. The molecule has 1 aromatic heterocycles. The lowest BCUT2D eigenvalue weighted by molar-refractivity contribution is 0.769. The maximum atomic E-state index is 5.49. The summed E-state index contributed by atoms with van der Waals surface area (Å²) in [6.07, 6.45) is 0. The van der Waals surface area contributed by atoms with Gasteiger partial charge in [0.1, 0.15) is 0 Å². The molecule has 2 nitrogen and oxygen atoms in total. The van der Waals surface area contributed by atoms with Crippen molar-refractivity contribution in [1.82, 2.24) is 9.97 Å². The Labute approximate surface area is 320 Å². The minimum absolute atomic E-state index is 0.484. The van der Waals surface area contributed by atoms with Gasteiger partial charge in [0.2, 0.25) is 0 Å². The Morgan fingerprint density at radius 3 is 1.69 bits per heavy atom. The summed E-state index contributed by atoms with van der Waals surface area (Å²) in [6.45, 7) is 0. The number of aromatic nitrogens is 2. The number of fused-ring (bicyclic) bond motifs is 8. The van der Waals surface area contributed by atoms with E-state index in [1.165, 1.54) is 49.7 Å². The van der Waals surface area contributed by atoms with E-state index in [-0.39, 0.29) is 0 Å². The first kappa shape index (κ1) is 31.4. The predicted molar refractivity (Wildman–Crippen MR) is 228 cm³/mol. The second-order valence-corrected chi connectivity index (χ2v) is 14.4. The SMILES string of the molecule is c1ccc(-c2nc3c(ccc4ccccc43)nc2-c2ccccc2-c2cccc3ccc4c(c23)-c2ccccc2C4(c2ccccc2)c2ccccc2)cc1. The van der Waals surface area contributed by atoms with E-state index in [2.05, 4.69) is 206 Å². The fourth-order valence-electron chi connectivity index (χ4n) is 9.23. The summed E-state index contributed by atoms with van der Waals surface area (Å²) in [5, 5.41) is 4.71. The van der Waals surface area contributed by atoms with Crippen LogP contribution >= 0.6 is 0 Å². The average Bonchev–Trinajstić information content (AvgIpc) is 3.58. The molecule has 0 radical (unpaired) electrons. The maximum absolute atomic E-state index is 5.49. The Morgan fingerprint density at radius 1 is 0.345 bits per heavy atom. The quantitative estimate of drug-likeness (QED) is 0.167. The highest BCUT2D eigenvalue weighted by molar-refractivity contribution is 6.13. The molecule has 0 saturated carbocycles. The van der Waals surface area contributed by atoms with Gasteiger partial charge in [0.15, 0.2) is 0 Å². The molecule has 1 heterocycles. The molecular formula is C53H34N2. The lowest BCUT2D eigenvalue weighted by Gasteiger charge is -2.34. The van der Waals surface area contributed by atoms with Crippen LogP contribution in [-0.4, -0.2) is 9.97 Å². The summed E-state index contributed by atoms with van der Waals surface area (Å²) in [7, 11) is 0. The monoisotopic (exact) mass is 698 g/mol. The molecule has 256 valence electrons. The summed E-state index contributed by atoms with van der Waals surface area (Å²) in [5.41, 5.74) is 15.1. The first-order chi connectivity index (χ1) is 27.3. The van der Waals surface area contributed by atoms with Crippen molar-refractivity contribution in [3.63, 3.8) is 0 Å². The van der Waals surface area contributed by atoms with Gasteiger partial charge in [-0.1, -0.05) is 200 Å². The van der Waals surface area contributed by atoms with E-state index in [1.807, 2.05) is 0 Å². The van der Waals surface area contributed by atoms with E-state index in [9.17, 15) is 0 Å². The van der Waals surface area contributed by atoms with E-state index < -0.39 is 5.41 Å². The molecule has 11 rings (SSSR count). The van der Waals surface area contributed by atoms with Crippen molar-refractivity contribution in [2.24, 2.45) is 0 Å². The van der Waals surface area contributed by atoms with Gasteiger partial charge in [-0.15, -0.1) is 0 Å². The van der Waals surface area contributed by atoms with Gasteiger partial charge in [0.05, 0.1) is 27.8 Å². The summed E-state index contributed by atoms with van der Waals surface area (Å²) >= 11 is 0. The molecule has 0 saturated heterocycles. The molecule has 0 spiro atoms. The van der Waals surface area contributed by atoms with Crippen LogP contribution in [-0.2, 0) is 5.41 Å². The summed E-state index contributed by atoms with van der Waals surface area (Å²) in [4.78, 5) is 10.9. The number of hydrogen-bond donors (Lipinski definition) is 0. The Morgan fingerprint density at radius 2 is 0.927 bits per heavy atom. The number of rotatable bonds is 5. The highest BCUT2D eigenvalue weighted by Gasteiger charge is 2.46. The van der Waals surface area contributed by atoms with Crippen LogP contribution < -0.4 is 0 Å². The summed E-state index contributed by atoms with van der Waals surface area (Å²) < 4.78 is 0. The van der Waals surface area contributed by atoms with Crippen molar-refractivity contribution in [1.29, 1.82) is 0 Å². The molecule has 0 N–H and O–H groups in total. The van der Waals surface area contributed by atoms with Crippen LogP contribution in [0.3, 0.4) is 0 Å². The number of nitrogens with zero attached hydrogens (tertiary/aromatic N) is 2. The number of benzene rings is 9. The van der Waals surface area contributed by atoms with Crippen LogP contribution in [0.2, 0.25) is 0 Å². The zero-order chi connectivity index (χ0) is 36.3. The van der Waals surface area contributed by atoms with Gasteiger partial charge in [-0.05, 0) is 66.7 Å². The van der Waals surface area contributed by atoms with Crippen molar-refractivity contribution in [2.75, 3.05) is 0 Å². The van der Waals surface area contributed by atoms with Crippen molar-refractivity contribution >= 4 is 32.6 Å². The highest BCUT2D eigenvalue weighted by Crippen LogP contribution is 2.59. The minimum Gasteiger partial charge on any atom is -0.244 e. The lowest BCUT2D eigenvalue weighted by atomic mass is 9.67. The molecule has 2 heteroatoms. The molecule has 0 unspecified atom stereocenters. The predicted octanol–water partition coefficient (Wildman–Crippen LogP) is 13.3. The molecule has 0 fully saturated rings. The summed E-state index contributed by atoms with van der Waals surface area (Å²) in [5.74, 6) is 0. The lowest BCUT2D eigenvalue weighted by Crippen LogP contribution is -2.28. The Kier molecular flexibility index (Phi) is 7.11. The zero-order valence-electron chi connectivity index (χ0n) is 30.0. The van der Waals surface area contributed by atoms with Gasteiger partial charge in [-0.2, -0.15) is 0 Å². The largest absolute Gasteiger partial charge is 0.244 e. The molecule has 0 bridgehead atoms. The number of hydrogen-bond acceptors (Lipinski definition) is 2. The average molecular weight is 699 g/mol. The first-order valence-corrected chi connectivity index (χ1v) is 18.9. The van der Waals surface area contributed by atoms with Crippen molar-refractivity contribution in [3.8, 4) is 44.8 Å². The smallest absolute Gasteiger partial charge is 0.0979 e.